The molecule has 0 saturated heterocycles. The van der Waals surface area contributed by atoms with Gasteiger partial charge in [-0.2, -0.15) is 0 Å². The molecule has 12 aromatic rings. The molecule has 0 aliphatic rings. The first-order valence-electron chi connectivity index (χ1n) is 18.8. The molecule has 3 aromatic heterocycles. The van der Waals surface area contributed by atoms with Crippen LogP contribution >= 0.6 is 11.3 Å². The number of nitrogens with zero attached hydrogens (tertiary/aromatic N) is 3. The Morgan fingerprint density at radius 2 is 0.875 bits per heavy atom. The van der Waals surface area contributed by atoms with E-state index in [-0.39, 0.29) is 0 Å². The van der Waals surface area contributed by atoms with E-state index in [1.165, 1.54) is 52.5 Å². The minimum absolute atomic E-state index is 0.604. The highest BCUT2D eigenvalue weighted by atomic mass is 32.1. The molecule has 3 heterocycles. The first kappa shape index (κ1) is 31.2. The van der Waals surface area contributed by atoms with E-state index in [2.05, 4.69) is 133 Å². The van der Waals surface area contributed by atoms with Gasteiger partial charge in [-0.25, -0.2) is 15.0 Å². The molecular formula is C51H29N3OS. The van der Waals surface area contributed by atoms with Crippen LogP contribution in [0.15, 0.2) is 180 Å². The van der Waals surface area contributed by atoms with Crippen LogP contribution in [0.2, 0.25) is 0 Å². The first-order chi connectivity index (χ1) is 27.7. The predicted octanol–water partition coefficient (Wildman–Crippen LogP) is 14.3. The lowest BCUT2D eigenvalue weighted by atomic mass is 9.92. The topological polar surface area (TPSA) is 51.8 Å². The minimum Gasteiger partial charge on any atom is -0.456 e. The molecule has 0 saturated carbocycles. The van der Waals surface area contributed by atoms with Crippen molar-refractivity contribution >= 4 is 85.8 Å². The maximum absolute atomic E-state index is 6.52. The standard InChI is InChI=1S/C51H29N3OS/c1-2-11-30(12-3-1)49-52-50(33-23-26-47-42(29-33)39-17-8-9-20-46(39)56-47)54-51(53-49)40-18-10-19-45-48(40)43-28-32(22-25-44(43)55-45)31-21-24-38-36-15-5-4-13-34(36)35-14-6-7-16-37(35)41(38)27-31/h1-29H. The van der Waals surface area contributed by atoms with Gasteiger partial charge in [-0.05, 0) is 92.0 Å². The van der Waals surface area contributed by atoms with Crippen LogP contribution in [0, 0.1) is 0 Å². The molecule has 4 nitrogen and oxygen atoms in total. The zero-order valence-electron chi connectivity index (χ0n) is 29.9. The van der Waals surface area contributed by atoms with E-state index in [0.717, 1.165) is 49.8 Å². The monoisotopic (exact) mass is 731 g/mol. The van der Waals surface area contributed by atoms with Crippen LogP contribution in [0.1, 0.15) is 0 Å². The predicted molar refractivity (Wildman–Crippen MR) is 234 cm³/mol. The fourth-order valence-corrected chi connectivity index (χ4v) is 9.57. The molecule has 0 radical (unpaired) electrons. The first-order valence-corrected chi connectivity index (χ1v) is 19.6. The summed E-state index contributed by atoms with van der Waals surface area (Å²) in [5.41, 5.74) is 6.66. The number of furan rings is 1. The van der Waals surface area contributed by atoms with Crippen molar-refractivity contribution in [2.75, 3.05) is 0 Å². The van der Waals surface area contributed by atoms with Gasteiger partial charge in [0.25, 0.3) is 0 Å². The van der Waals surface area contributed by atoms with Crippen molar-refractivity contribution in [2.45, 2.75) is 0 Å². The molecule has 56 heavy (non-hydrogen) atoms. The van der Waals surface area contributed by atoms with Crippen molar-refractivity contribution in [1.82, 2.24) is 15.0 Å². The molecule has 9 aromatic carbocycles. The Bertz CT molecular complexity index is 3510. The van der Waals surface area contributed by atoms with E-state index in [1.54, 1.807) is 11.3 Å². The Balaban J connectivity index is 1.06. The number of hydrogen-bond acceptors (Lipinski definition) is 5. The third kappa shape index (κ3) is 4.81. The zero-order valence-corrected chi connectivity index (χ0v) is 30.7. The van der Waals surface area contributed by atoms with Crippen LogP contribution < -0.4 is 0 Å². The van der Waals surface area contributed by atoms with Crippen molar-refractivity contribution < 1.29 is 4.42 Å². The Hall–Kier alpha value is -7.21. The lowest BCUT2D eigenvalue weighted by Gasteiger charge is -2.12. The molecule has 0 bridgehead atoms. The summed E-state index contributed by atoms with van der Waals surface area (Å²) in [5, 5.41) is 12.0. The van der Waals surface area contributed by atoms with E-state index in [9.17, 15) is 0 Å². The third-order valence-corrected chi connectivity index (χ3v) is 12.3. The van der Waals surface area contributed by atoms with Gasteiger partial charge in [-0.3, -0.25) is 0 Å². The second-order valence-electron chi connectivity index (χ2n) is 14.3. The van der Waals surface area contributed by atoms with E-state index < -0.39 is 0 Å². The van der Waals surface area contributed by atoms with Crippen molar-refractivity contribution in [1.29, 1.82) is 0 Å². The number of benzene rings is 9. The van der Waals surface area contributed by atoms with Crippen molar-refractivity contribution in [3.63, 3.8) is 0 Å². The van der Waals surface area contributed by atoms with Crippen LogP contribution in [-0.4, -0.2) is 15.0 Å². The third-order valence-electron chi connectivity index (χ3n) is 11.1. The molecule has 0 fully saturated rings. The van der Waals surface area contributed by atoms with Gasteiger partial charge < -0.3 is 4.42 Å². The van der Waals surface area contributed by atoms with Gasteiger partial charge in [-0.15, -0.1) is 11.3 Å². The summed E-state index contributed by atoms with van der Waals surface area (Å²) in [7, 11) is 0. The van der Waals surface area contributed by atoms with Crippen LogP contribution in [-0.2, 0) is 0 Å². The van der Waals surface area contributed by atoms with Gasteiger partial charge in [0, 0.05) is 47.6 Å². The van der Waals surface area contributed by atoms with E-state index in [4.69, 9.17) is 19.4 Å². The molecule has 0 amide bonds. The summed E-state index contributed by atoms with van der Waals surface area (Å²) in [6.45, 7) is 0. The van der Waals surface area contributed by atoms with E-state index in [1.807, 2.05) is 42.5 Å². The molecule has 0 N–H and O–H groups in total. The molecule has 5 heteroatoms. The summed E-state index contributed by atoms with van der Waals surface area (Å²) in [6.07, 6.45) is 0. The number of aromatic nitrogens is 3. The molecule has 12 rings (SSSR count). The average Bonchev–Trinajstić information content (AvgIpc) is 3.84. The second kappa shape index (κ2) is 12.2. The molecular weight excluding hydrogens is 703 g/mol. The van der Waals surface area contributed by atoms with Crippen molar-refractivity contribution in [3.8, 4) is 45.3 Å². The summed E-state index contributed by atoms with van der Waals surface area (Å²) in [6, 6.07) is 62.2. The Kier molecular flexibility index (Phi) is 6.76. The highest BCUT2D eigenvalue weighted by molar-refractivity contribution is 7.25. The SMILES string of the molecule is c1ccc(-c2nc(-c3ccc4sc5ccccc5c4c3)nc(-c3cccc4oc5ccc(-c6ccc7c8ccccc8c8ccccc8c7c6)cc5c34)n2)cc1. The van der Waals surface area contributed by atoms with Gasteiger partial charge >= 0.3 is 0 Å². The molecule has 260 valence electrons. The zero-order chi connectivity index (χ0) is 36.7. The highest BCUT2D eigenvalue weighted by Crippen LogP contribution is 2.41. The van der Waals surface area contributed by atoms with Gasteiger partial charge in [0.15, 0.2) is 17.5 Å². The number of thiophene rings is 1. The lowest BCUT2D eigenvalue weighted by molar-refractivity contribution is 0.669. The molecule has 0 aliphatic heterocycles. The van der Waals surface area contributed by atoms with Crippen LogP contribution in [0.4, 0.5) is 0 Å². The van der Waals surface area contributed by atoms with Gasteiger partial charge in [-0.1, -0.05) is 127 Å². The summed E-state index contributed by atoms with van der Waals surface area (Å²) < 4.78 is 9.03. The van der Waals surface area contributed by atoms with Crippen molar-refractivity contribution in [3.05, 3.63) is 176 Å². The number of hydrogen-bond donors (Lipinski definition) is 0. The van der Waals surface area contributed by atoms with Gasteiger partial charge in [0.05, 0.1) is 0 Å². The number of fused-ring (bicyclic) bond motifs is 12. The largest absolute Gasteiger partial charge is 0.456 e. The van der Waals surface area contributed by atoms with Gasteiger partial charge in [0.2, 0.25) is 0 Å². The summed E-state index contributed by atoms with van der Waals surface area (Å²) >= 11 is 1.81. The smallest absolute Gasteiger partial charge is 0.164 e. The Labute approximate surface area is 325 Å². The molecule has 0 aliphatic carbocycles. The minimum atomic E-state index is 0.604. The Morgan fingerprint density at radius 3 is 1.64 bits per heavy atom. The number of rotatable bonds is 4. The maximum atomic E-state index is 6.52. The molecule has 0 unspecified atom stereocenters. The van der Waals surface area contributed by atoms with Crippen LogP contribution in [0.3, 0.4) is 0 Å². The van der Waals surface area contributed by atoms with Crippen molar-refractivity contribution in [2.24, 2.45) is 0 Å². The van der Waals surface area contributed by atoms with E-state index in [0.29, 0.717) is 17.5 Å². The van der Waals surface area contributed by atoms with Crippen LogP contribution in [0.5, 0.6) is 0 Å². The molecule has 0 atom stereocenters. The fraction of sp³-hybridized carbons (Fsp3) is 0. The lowest BCUT2D eigenvalue weighted by Crippen LogP contribution is -2.00. The quantitative estimate of drug-likeness (QED) is 0.169. The normalized spacial score (nSPS) is 11.9. The van der Waals surface area contributed by atoms with Gasteiger partial charge in [0.1, 0.15) is 11.2 Å². The second-order valence-corrected chi connectivity index (χ2v) is 15.4. The Morgan fingerprint density at radius 1 is 0.321 bits per heavy atom. The molecule has 0 spiro atoms. The summed E-state index contributed by atoms with van der Waals surface area (Å²) in [5.74, 6) is 1.86. The average molecular weight is 732 g/mol. The summed E-state index contributed by atoms with van der Waals surface area (Å²) in [4.78, 5) is 15.4. The maximum Gasteiger partial charge on any atom is 0.164 e. The van der Waals surface area contributed by atoms with Crippen LogP contribution in [0.25, 0.3) is 120 Å². The highest BCUT2D eigenvalue weighted by Gasteiger charge is 2.19. The fourth-order valence-electron chi connectivity index (χ4n) is 8.49. The van der Waals surface area contributed by atoms with E-state index >= 15 is 0 Å².